The Balaban J connectivity index is 2.24. The van der Waals surface area contributed by atoms with E-state index in [1.54, 1.807) is 0 Å². The molecule has 16 heavy (non-hydrogen) atoms. The zero-order chi connectivity index (χ0) is 11.9. The average molecular weight is 217 g/mol. The lowest BCUT2D eigenvalue weighted by atomic mass is 10.0. The van der Waals surface area contributed by atoms with Crippen molar-refractivity contribution in [3.05, 3.63) is 28.8 Å². The lowest BCUT2D eigenvalue weighted by Gasteiger charge is -2.15. The van der Waals surface area contributed by atoms with Gasteiger partial charge in [-0.15, -0.1) is 0 Å². The molecule has 2 heteroatoms. The molecular weight excluding hydrogens is 198 g/mol. The van der Waals surface area contributed by atoms with E-state index in [0.29, 0.717) is 0 Å². The molecule has 1 amide bonds. The maximum atomic E-state index is 12.0. The van der Waals surface area contributed by atoms with Gasteiger partial charge in [-0.1, -0.05) is 24.6 Å². The van der Waals surface area contributed by atoms with Crippen molar-refractivity contribution >= 4 is 11.6 Å². The largest absolute Gasteiger partial charge is 0.325 e. The highest BCUT2D eigenvalue weighted by Crippen LogP contribution is 2.46. The van der Waals surface area contributed by atoms with E-state index in [4.69, 9.17) is 0 Å². The molecule has 0 bridgehead atoms. The summed E-state index contributed by atoms with van der Waals surface area (Å²) in [5.74, 6) is 0.169. The van der Waals surface area contributed by atoms with Gasteiger partial charge in [0.25, 0.3) is 0 Å². The number of amides is 1. The smallest absolute Gasteiger partial charge is 0.230 e. The molecule has 2 rings (SSSR count). The Morgan fingerprint density at radius 1 is 1.19 bits per heavy atom. The summed E-state index contributed by atoms with van der Waals surface area (Å²) in [6.07, 6.45) is 2.03. The molecule has 1 aromatic rings. The zero-order valence-corrected chi connectivity index (χ0v) is 10.5. The van der Waals surface area contributed by atoms with Gasteiger partial charge in [0.2, 0.25) is 5.91 Å². The van der Waals surface area contributed by atoms with Crippen LogP contribution in [0.4, 0.5) is 5.69 Å². The van der Waals surface area contributed by atoms with E-state index in [0.717, 1.165) is 29.7 Å². The third-order valence-electron chi connectivity index (χ3n) is 3.46. The molecule has 1 N–H and O–H groups in total. The highest BCUT2D eigenvalue weighted by atomic mass is 16.2. The molecule has 1 saturated carbocycles. The molecule has 1 aliphatic carbocycles. The number of rotatable bonds is 2. The van der Waals surface area contributed by atoms with E-state index in [9.17, 15) is 4.79 Å². The third-order valence-corrected chi connectivity index (χ3v) is 3.46. The van der Waals surface area contributed by atoms with Crippen molar-refractivity contribution in [2.75, 3.05) is 5.32 Å². The molecule has 0 aromatic heterocycles. The highest BCUT2D eigenvalue weighted by Gasteiger charge is 2.44. The lowest BCUT2D eigenvalue weighted by molar-refractivity contribution is -0.120. The van der Waals surface area contributed by atoms with Gasteiger partial charge in [-0.25, -0.2) is 0 Å². The standard InChI is InChI=1S/C14H19NO/c1-9-7-10(2)12(11(3)8-9)15-13(16)14(4)5-6-14/h7-8H,5-6H2,1-4H3,(H,15,16). The molecule has 0 spiro atoms. The Bertz CT molecular complexity index is 421. The number of anilines is 1. The summed E-state index contributed by atoms with van der Waals surface area (Å²) in [6.45, 7) is 8.20. The molecular formula is C14H19NO. The fraction of sp³-hybridized carbons (Fsp3) is 0.500. The van der Waals surface area contributed by atoms with Gasteiger partial charge in [0.15, 0.2) is 0 Å². The number of nitrogens with one attached hydrogen (secondary N) is 1. The van der Waals surface area contributed by atoms with Gasteiger partial charge < -0.3 is 5.32 Å². The molecule has 0 atom stereocenters. The van der Waals surface area contributed by atoms with E-state index in [2.05, 4.69) is 24.4 Å². The van der Waals surface area contributed by atoms with Gasteiger partial charge >= 0.3 is 0 Å². The van der Waals surface area contributed by atoms with Crippen molar-refractivity contribution in [2.24, 2.45) is 5.41 Å². The summed E-state index contributed by atoms with van der Waals surface area (Å²) in [5, 5.41) is 3.07. The van der Waals surface area contributed by atoms with Gasteiger partial charge in [0.1, 0.15) is 0 Å². The molecule has 1 aliphatic rings. The van der Waals surface area contributed by atoms with E-state index >= 15 is 0 Å². The molecule has 0 saturated heterocycles. The van der Waals surface area contributed by atoms with Crippen LogP contribution < -0.4 is 5.32 Å². The van der Waals surface area contributed by atoms with Crippen LogP contribution in [0.2, 0.25) is 0 Å². The SMILES string of the molecule is Cc1cc(C)c(NC(=O)C2(C)CC2)c(C)c1. The topological polar surface area (TPSA) is 29.1 Å². The van der Waals surface area contributed by atoms with Crippen LogP contribution >= 0.6 is 0 Å². The molecule has 2 nitrogen and oxygen atoms in total. The second-order valence-corrected chi connectivity index (χ2v) is 5.29. The molecule has 0 aliphatic heterocycles. The Kier molecular flexibility index (Phi) is 2.53. The summed E-state index contributed by atoms with van der Waals surface area (Å²) in [4.78, 5) is 12.0. The third kappa shape index (κ3) is 1.97. The molecule has 0 radical (unpaired) electrons. The number of aryl methyl sites for hydroxylation is 3. The molecule has 1 aromatic carbocycles. The first kappa shape index (κ1) is 11.2. The first-order chi connectivity index (χ1) is 7.42. The molecule has 1 fully saturated rings. The normalized spacial score (nSPS) is 17.0. The molecule has 0 unspecified atom stereocenters. The van der Waals surface area contributed by atoms with E-state index < -0.39 is 0 Å². The second kappa shape index (κ2) is 3.62. The zero-order valence-electron chi connectivity index (χ0n) is 10.5. The summed E-state index contributed by atoms with van der Waals surface area (Å²) < 4.78 is 0. The van der Waals surface area contributed by atoms with Crippen LogP contribution in [-0.2, 0) is 4.79 Å². The minimum absolute atomic E-state index is 0.107. The number of benzene rings is 1. The van der Waals surface area contributed by atoms with Crippen molar-refractivity contribution < 1.29 is 4.79 Å². The first-order valence-electron chi connectivity index (χ1n) is 5.82. The predicted molar refractivity (Wildman–Crippen MR) is 66.6 cm³/mol. The van der Waals surface area contributed by atoms with Crippen LogP contribution in [0.5, 0.6) is 0 Å². The first-order valence-corrected chi connectivity index (χ1v) is 5.82. The van der Waals surface area contributed by atoms with Gasteiger partial charge in [-0.2, -0.15) is 0 Å². The van der Waals surface area contributed by atoms with Crippen molar-refractivity contribution in [2.45, 2.75) is 40.5 Å². The summed E-state index contributed by atoms with van der Waals surface area (Å²) in [7, 11) is 0. The Labute approximate surface area is 97.1 Å². The average Bonchev–Trinajstić information content (AvgIpc) is 2.91. The van der Waals surface area contributed by atoms with Gasteiger partial charge in [0.05, 0.1) is 0 Å². The Hall–Kier alpha value is -1.31. The van der Waals surface area contributed by atoms with Crippen LogP contribution in [0.15, 0.2) is 12.1 Å². The maximum Gasteiger partial charge on any atom is 0.230 e. The monoisotopic (exact) mass is 217 g/mol. The number of carbonyl (C=O) groups excluding carboxylic acids is 1. The van der Waals surface area contributed by atoms with E-state index in [1.165, 1.54) is 5.56 Å². The lowest BCUT2D eigenvalue weighted by Crippen LogP contribution is -2.22. The van der Waals surface area contributed by atoms with Crippen LogP contribution in [0.1, 0.15) is 36.5 Å². The van der Waals surface area contributed by atoms with Crippen molar-refractivity contribution in [3.8, 4) is 0 Å². The van der Waals surface area contributed by atoms with Crippen molar-refractivity contribution in [3.63, 3.8) is 0 Å². The highest BCUT2D eigenvalue weighted by molar-refractivity contribution is 5.98. The van der Waals surface area contributed by atoms with Crippen molar-refractivity contribution in [1.82, 2.24) is 0 Å². The van der Waals surface area contributed by atoms with Gasteiger partial charge in [-0.05, 0) is 44.7 Å². The maximum absolute atomic E-state index is 12.0. The van der Waals surface area contributed by atoms with Crippen LogP contribution in [0, 0.1) is 26.2 Å². The summed E-state index contributed by atoms with van der Waals surface area (Å²) in [5.41, 5.74) is 4.42. The summed E-state index contributed by atoms with van der Waals surface area (Å²) >= 11 is 0. The minimum atomic E-state index is -0.107. The second-order valence-electron chi connectivity index (χ2n) is 5.29. The minimum Gasteiger partial charge on any atom is -0.325 e. The fourth-order valence-electron chi connectivity index (χ4n) is 2.06. The van der Waals surface area contributed by atoms with Crippen molar-refractivity contribution in [1.29, 1.82) is 0 Å². The van der Waals surface area contributed by atoms with Crippen LogP contribution in [0.3, 0.4) is 0 Å². The molecule has 0 heterocycles. The Morgan fingerprint density at radius 2 is 1.69 bits per heavy atom. The molecule has 86 valence electrons. The predicted octanol–water partition coefficient (Wildman–Crippen LogP) is 3.35. The number of carbonyl (C=O) groups is 1. The number of hydrogen-bond acceptors (Lipinski definition) is 1. The number of hydrogen-bond donors (Lipinski definition) is 1. The van der Waals surface area contributed by atoms with Gasteiger partial charge in [0, 0.05) is 11.1 Å². The summed E-state index contributed by atoms with van der Waals surface area (Å²) in [6, 6.07) is 4.22. The van der Waals surface area contributed by atoms with Crippen LogP contribution in [-0.4, -0.2) is 5.91 Å². The van der Waals surface area contributed by atoms with E-state index in [1.807, 2.05) is 20.8 Å². The van der Waals surface area contributed by atoms with E-state index in [-0.39, 0.29) is 11.3 Å². The van der Waals surface area contributed by atoms with Gasteiger partial charge in [-0.3, -0.25) is 4.79 Å². The quantitative estimate of drug-likeness (QED) is 0.808. The fourth-order valence-corrected chi connectivity index (χ4v) is 2.06. The Morgan fingerprint density at radius 3 is 2.12 bits per heavy atom. The van der Waals surface area contributed by atoms with Crippen LogP contribution in [0.25, 0.3) is 0 Å².